The summed E-state index contributed by atoms with van der Waals surface area (Å²) in [5.74, 6) is -0.305. The van der Waals surface area contributed by atoms with Crippen molar-refractivity contribution < 1.29 is 15.3 Å². The molecule has 0 spiro atoms. The van der Waals surface area contributed by atoms with Gasteiger partial charge in [0.2, 0.25) is 0 Å². The van der Waals surface area contributed by atoms with Crippen molar-refractivity contribution >= 4 is 0 Å². The van der Waals surface area contributed by atoms with E-state index in [2.05, 4.69) is 0 Å². The zero-order valence-electron chi connectivity index (χ0n) is 8.92. The van der Waals surface area contributed by atoms with E-state index in [1.165, 1.54) is 6.07 Å². The van der Waals surface area contributed by atoms with Gasteiger partial charge in [0.1, 0.15) is 0 Å². The first-order chi connectivity index (χ1) is 6.25. The van der Waals surface area contributed by atoms with Crippen molar-refractivity contribution in [3.8, 4) is 11.5 Å². The molecule has 0 amide bonds. The molecular formula is C11H16O3. The Morgan fingerprint density at radius 2 is 1.57 bits per heavy atom. The molecule has 0 heterocycles. The molecule has 1 rings (SSSR count). The van der Waals surface area contributed by atoms with Crippen LogP contribution in [0.25, 0.3) is 0 Å². The second-order valence-corrected chi connectivity index (χ2v) is 4.10. The molecule has 0 unspecified atom stereocenters. The summed E-state index contributed by atoms with van der Waals surface area (Å²) in [6, 6.07) is 1.40. The molecule has 0 bridgehead atoms. The van der Waals surface area contributed by atoms with Crippen molar-refractivity contribution in [2.75, 3.05) is 0 Å². The van der Waals surface area contributed by atoms with E-state index >= 15 is 0 Å². The van der Waals surface area contributed by atoms with Crippen molar-refractivity contribution in [2.45, 2.75) is 33.3 Å². The summed E-state index contributed by atoms with van der Waals surface area (Å²) in [6.07, 6.45) is 0. The third-order valence-electron chi connectivity index (χ3n) is 2.50. The monoisotopic (exact) mass is 196 g/mol. The summed E-state index contributed by atoms with van der Waals surface area (Å²) in [5.41, 5.74) is 1.01. The summed E-state index contributed by atoms with van der Waals surface area (Å²) in [4.78, 5) is 0. The lowest BCUT2D eigenvalue weighted by atomic mass is 9.90. The highest BCUT2D eigenvalue weighted by atomic mass is 16.3. The molecule has 1 aromatic rings. The lowest BCUT2D eigenvalue weighted by molar-refractivity contribution is 0.0775. The Kier molecular flexibility index (Phi) is 2.46. The summed E-state index contributed by atoms with van der Waals surface area (Å²) < 4.78 is 0. The SMILES string of the molecule is Cc1c(C(C)(C)O)cc(O)c(O)c1C. The van der Waals surface area contributed by atoms with E-state index in [1.807, 2.05) is 6.92 Å². The second-order valence-electron chi connectivity index (χ2n) is 4.10. The smallest absolute Gasteiger partial charge is 0.160 e. The number of benzene rings is 1. The van der Waals surface area contributed by atoms with Gasteiger partial charge in [-0.1, -0.05) is 0 Å². The van der Waals surface area contributed by atoms with E-state index < -0.39 is 5.60 Å². The molecule has 3 nitrogen and oxygen atoms in total. The number of aliphatic hydroxyl groups is 1. The van der Waals surface area contributed by atoms with E-state index in [0.29, 0.717) is 11.1 Å². The van der Waals surface area contributed by atoms with E-state index in [-0.39, 0.29) is 11.5 Å². The normalized spacial score (nSPS) is 11.8. The molecule has 3 heteroatoms. The maximum Gasteiger partial charge on any atom is 0.160 e. The molecule has 1 aromatic carbocycles. The molecule has 14 heavy (non-hydrogen) atoms. The van der Waals surface area contributed by atoms with Gasteiger partial charge in [-0.15, -0.1) is 0 Å². The minimum Gasteiger partial charge on any atom is -0.504 e. The van der Waals surface area contributed by atoms with Gasteiger partial charge in [-0.05, 0) is 50.5 Å². The molecule has 0 saturated heterocycles. The zero-order valence-corrected chi connectivity index (χ0v) is 8.92. The standard InChI is InChI=1S/C11H16O3/c1-6-7(2)10(13)9(12)5-8(6)11(3,4)14/h5,12-14H,1-4H3. The predicted molar refractivity (Wildman–Crippen MR) is 54.5 cm³/mol. The number of hydrogen-bond acceptors (Lipinski definition) is 3. The maximum absolute atomic E-state index is 9.82. The van der Waals surface area contributed by atoms with E-state index in [4.69, 9.17) is 0 Å². The number of phenols is 2. The van der Waals surface area contributed by atoms with E-state index in [1.54, 1.807) is 20.8 Å². The van der Waals surface area contributed by atoms with Crippen molar-refractivity contribution in [1.82, 2.24) is 0 Å². The van der Waals surface area contributed by atoms with Crippen LogP contribution < -0.4 is 0 Å². The van der Waals surface area contributed by atoms with E-state index in [0.717, 1.165) is 5.56 Å². The van der Waals surface area contributed by atoms with Crippen LogP contribution in [0.2, 0.25) is 0 Å². The number of rotatable bonds is 1. The quantitative estimate of drug-likeness (QED) is 0.601. The predicted octanol–water partition coefficient (Wildman–Crippen LogP) is 1.94. The Hall–Kier alpha value is -1.22. The Bertz CT molecular complexity index is 362. The highest BCUT2D eigenvalue weighted by Crippen LogP contribution is 2.37. The first-order valence-corrected chi connectivity index (χ1v) is 4.50. The highest BCUT2D eigenvalue weighted by Gasteiger charge is 2.22. The molecule has 0 aliphatic carbocycles. The van der Waals surface area contributed by atoms with Crippen LogP contribution in [0, 0.1) is 13.8 Å². The zero-order chi connectivity index (χ0) is 11.1. The number of aromatic hydroxyl groups is 2. The summed E-state index contributed by atoms with van der Waals surface area (Å²) in [6.45, 7) is 6.80. The lowest BCUT2D eigenvalue weighted by Crippen LogP contribution is -2.17. The van der Waals surface area contributed by atoms with Gasteiger partial charge in [-0.2, -0.15) is 0 Å². The van der Waals surface area contributed by atoms with Gasteiger partial charge in [0, 0.05) is 0 Å². The fraction of sp³-hybridized carbons (Fsp3) is 0.455. The third-order valence-corrected chi connectivity index (χ3v) is 2.50. The van der Waals surface area contributed by atoms with Gasteiger partial charge in [0.15, 0.2) is 11.5 Å². The minimum absolute atomic E-state index is 0.115. The van der Waals surface area contributed by atoms with Gasteiger partial charge in [0.25, 0.3) is 0 Å². The Labute approximate surface area is 83.6 Å². The van der Waals surface area contributed by atoms with Gasteiger partial charge in [-0.3, -0.25) is 0 Å². The molecule has 0 atom stereocenters. The van der Waals surface area contributed by atoms with Crippen LogP contribution in [0.5, 0.6) is 11.5 Å². The van der Waals surface area contributed by atoms with Gasteiger partial charge >= 0.3 is 0 Å². The number of phenolic OH excluding ortho intramolecular Hbond substituents is 2. The maximum atomic E-state index is 9.82. The van der Waals surface area contributed by atoms with Crippen LogP contribution in [0.15, 0.2) is 6.07 Å². The largest absolute Gasteiger partial charge is 0.504 e. The molecule has 3 N–H and O–H groups in total. The topological polar surface area (TPSA) is 60.7 Å². The molecule has 0 saturated carbocycles. The molecule has 0 aliphatic rings. The van der Waals surface area contributed by atoms with Crippen LogP contribution in [-0.2, 0) is 5.60 Å². The fourth-order valence-corrected chi connectivity index (χ4v) is 1.52. The first-order valence-electron chi connectivity index (χ1n) is 4.50. The van der Waals surface area contributed by atoms with Crippen LogP contribution in [0.1, 0.15) is 30.5 Å². The molecule has 0 aliphatic heterocycles. The van der Waals surface area contributed by atoms with Crippen LogP contribution in [-0.4, -0.2) is 15.3 Å². The minimum atomic E-state index is -1.01. The molecule has 0 aromatic heterocycles. The third kappa shape index (κ3) is 1.68. The summed E-state index contributed by atoms with van der Waals surface area (Å²) in [5, 5.41) is 28.7. The average molecular weight is 196 g/mol. The molecule has 0 fully saturated rings. The van der Waals surface area contributed by atoms with Gasteiger partial charge in [-0.25, -0.2) is 0 Å². The van der Waals surface area contributed by atoms with Crippen LogP contribution >= 0.6 is 0 Å². The van der Waals surface area contributed by atoms with E-state index in [9.17, 15) is 15.3 Å². The second kappa shape index (κ2) is 3.17. The Morgan fingerprint density at radius 1 is 1.07 bits per heavy atom. The van der Waals surface area contributed by atoms with Crippen molar-refractivity contribution in [3.63, 3.8) is 0 Å². The number of hydrogen-bond donors (Lipinski definition) is 3. The van der Waals surface area contributed by atoms with Crippen molar-refractivity contribution in [3.05, 3.63) is 22.8 Å². The first kappa shape index (κ1) is 10.9. The molecule has 78 valence electrons. The average Bonchev–Trinajstić information content (AvgIpc) is 2.06. The summed E-state index contributed by atoms with van der Waals surface area (Å²) in [7, 11) is 0. The Balaban J connectivity index is 3.49. The molecular weight excluding hydrogens is 180 g/mol. The fourth-order valence-electron chi connectivity index (χ4n) is 1.52. The van der Waals surface area contributed by atoms with Gasteiger partial charge in [0.05, 0.1) is 5.60 Å². The van der Waals surface area contributed by atoms with Gasteiger partial charge < -0.3 is 15.3 Å². The molecule has 0 radical (unpaired) electrons. The van der Waals surface area contributed by atoms with Crippen molar-refractivity contribution in [1.29, 1.82) is 0 Å². The van der Waals surface area contributed by atoms with Crippen molar-refractivity contribution in [2.24, 2.45) is 0 Å². The lowest BCUT2D eigenvalue weighted by Gasteiger charge is -2.22. The summed E-state index contributed by atoms with van der Waals surface area (Å²) >= 11 is 0. The van der Waals surface area contributed by atoms with Crippen LogP contribution in [0.4, 0.5) is 0 Å². The Morgan fingerprint density at radius 3 is 2.00 bits per heavy atom. The highest BCUT2D eigenvalue weighted by molar-refractivity contribution is 5.53. The van der Waals surface area contributed by atoms with Crippen LogP contribution in [0.3, 0.4) is 0 Å².